The SMILES string of the molecule is NC(CS)c1ccc(C(F)(F)F)c(Cl)c1. The van der Waals surface area contributed by atoms with Crippen LogP contribution in [0.25, 0.3) is 0 Å². The van der Waals surface area contributed by atoms with Gasteiger partial charge >= 0.3 is 6.18 Å². The fraction of sp³-hybridized carbons (Fsp3) is 0.333. The lowest BCUT2D eigenvalue weighted by atomic mass is 10.1. The molecule has 0 amide bonds. The second-order valence-corrected chi connectivity index (χ2v) is 3.80. The van der Waals surface area contributed by atoms with Crippen LogP contribution in [0.5, 0.6) is 0 Å². The highest BCUT2D eigenvalue weighted by atomic mass is 35.5. The molecule has 0 heterocycles. The van der Waals surface area contributed by atoms with E-state index in [1.807, 2.05) is 0 Å². The van der Waals surface area contributed by atoms with Crippen LogP contribution in [-0.4, -0.2) is 5.75 Å². The van der Waals surface area contributed by atoms with Crippen LogP contribution < -0.4 is 5.73 Å². The Kier molecular flexibility index (Phi) is 3.92. The van der Waals surface area contributed by atoms with Gasteiger partial charge in [-0.25, -0.2) is 0 Å². The van der Waals surface area contributed by atoms with Crippen molar-refractivity contribution in [2.45, 2.75) is 12.2 Å². The Balaban J connectivity index is 3.09. The van der Waals surface area contributed by atoms with Crippen molar-refractivity contribution in [1.82, 2.24) is 0 Å². The number of hydrogen-bond donors (Lipinski definition) is 2. The molecule has 0 spiro atoms. The molecule has 1 aromatic carbocycles. The zero-order valence-electron chi connectivity index (χ0n) is 7.55. The molecule has 15 heavy (non-hydrogen) atoms. The predicted molar refractivity (Wildman–Crippen MR) is 57.2 cm³/mol. The summed E-state index contributed by atoms with van der Waals surface area (Å²) in [5, 5.41) is -0.336. The molecular weight excluding hydrogens is 247 g/mol. The first-order valence-electron chi connectivity index (χ1n) is 4.09. The van der Waals surface area contributed by atoms with Gasteiger partial charge in [-0.3, -0.25) is 0 Å². The predicted octanol–water partition coefficient (Wildman–Crippen LogP) is 3.29. The van der Waals surface area contributed by atoms with E-state index in [2.05, 4.69) is 12.6 Å². The van der Waals surface area contributed by atoms with E-state index in [0.29, 0.717) is 11.3 Å². The molecule has 0 aromatic heterocycles. The number of hydrogen-bond acceptors (Lipinski definition) is 2. The number of nitrogens with two attached hydrogens (primary N) is 1. The largest absolute Gasteiger partial charge is 0.417 e. The van der Waals surface area contributed by atoms with Gasteiger partial charge in [0, 0.05) is 11.8 Å². The van der Waals surface area contributed by atoms with Crippen molar-refractivity contribution in [3.05, 3.63) is 34.3 Å². The molecule has 1 rings (SSSR count). The Bertz CT molecular complexity index is 354. The Morgan fingerprint density at radius 1 is 1.40 bits per heavy atom. The van der Waals surface area contributed by atoms with Crippen molar-refractivity contribution in [2.75, 3.05) is 5.75 Å². The number of thiol groups is 1. The van der Waals surface area contributed by atoms with Crippen LogP contribution in [0.15, 0.2) is 18.2 Å². The maximum absolute atomic E-state index is 12.3. The Morgan fingerprint density at radius 3 is 2.40 bits per heavy atom. The monoisotopic (exact) mass is 255 g/mol. The van der Waals surface area contributed by atoms with Gasteiger partial charge in [0.1, 0.15) is 0 Å². The fourth-order valence-corrected chi connectivity index (χ4v) is 1.60. The van der Waals surface area contributed by atoms with Gasteiger partial charge in [0.25, 0.3) is 0 Å². The lowest BCUT2D eigenvalue weighted by Gasteiger charge is -2.13. The van der Waals surface area contributed by atoms with Crippen molar-refractivity contribution in [3.63, 3.8) is 0 Å². The molecule has 1 aromatic rings. The summed E-state index contributed by atoms with van der Waals surface area (Å²) >= 11 is 9.47. The molecule has 2 N–H and O–H groups in total. The minimum absolute atomic E-state index is 0.336. The van der Waals surface area contributed by atoms with E-state index in [-0.39, 0.29) is 5.02 Å². The van der Waals surface area contributed by atoms with E-state index < -0.39 is 17.8 Å². The van der Waals surface area contributed by atoms with Gasteiger partial charge in [0.2, 0.25) is 0 Å². The molecule has 0 aliphatic carbocycles. The Hall–Kier alpha value is -0.390. The second kappa shape index (κ2) is 4.63. The summed E-state index contributed by atoms with van der Waals surface area (Å²) in [5.41, 5.74) is 5.30. The summed E-state index contributed by atoms with van der Waals surface area (Å²) in [5.74, 6) is 0.349. The van der Waals surface area contributed by atoms with Crippen LogP contribution in [-0.2, 0) is 6.18 Å². The van der Waals surface area contributed by atoms with E-state index in [9.17, 15) is 13.2 Å². The minimum Gasteiger partial charge on any atom is -0.323 e. The molecule has 84 valence electrons. The maximum Gasteiger partial charge on any atom is 0.417 e. The van der Waals surface area contributed by atoms with E-state index in [1.54, 1.807) is 0 Å². The maximum atomic E-state index is 12.3. The quantitative estimate of drug-likeness (QED) is 0.780. The third kappa shape index (κ3) is 3.03. The van der Waals surface area contributed by atoms with Crippen molar-refractivity contribution in [2.24, 2.45) is 5.73 Å². The van der Waals surface area contributed by atoms with Crippen LogP contribution in [0.1, 0.15) is 17.2 Å². The number of halogens is 4. The van der Waals surface area contributed by atoms with Crippen LogP contribution in [0.3, 0.4) is 0 Å². The van der Waals surface area contributed by atoms with Crippen LogP contribution in [0.2, 0.25) is 5.02 Å². The highest BCUT2D eigenvalue weighted by Gasteiger charge is 2.33. The van der Waals surface area contributed by atoms with Crippen LogP contribution in [0.4, 0.5) is 13.2 Å². The minimum atomic E-state index is -4.43. The first-order chi connectivity index (χ1) is 6.86. The number of benzene rings is 1. The van der Waals surface area contributed by atoms with Crippen molar-refractivity contribution >= 4 is 24.2 Å². The van der Waals surface area contributed by atoms with Gasteiger partial charge in [-0.1, -0.05) is 17.7 Å². The Labute approximate surface area is 95.8 Å². The van der Waals surface area contributed by atoms with Crippen molar-refractivity contribution in [3.8, 4) is 0 Å². The molecule has 0 aliphatic heterocycles. The number of rotatable bonds is 2. The van der Waals surface area contributed by atoms with Crippen LogP contribution >= 0.6 is 24.2 Å². The zero-order chi connectivity index (χ0) is 11.6. The summed E-state index contributed by atoms with van der Waals surface area (Å²) in [6, 6.07) is 3.06. The first kappa shape index (κ1) is 12.7. The van der Waals surface area contributed by atoms with Gasteiger partial charge in [0.15, 0.2) is 0 Å². The Morgan fingerprint density at radius 2 is 2.00 bits per heavy atom. The third-order valence-electron chi connectivity index (χ3n) is 1.92. The van der Waals surface area contributed by atoms with E-state index in [1.165, 1.54) is 12.1 Å². The molecule has 1 atom stereocenters. The van der Waals surface area contributed by atoms with Crippen LogP contribution in [0, 0.1) is 0 Å². The highest BCUT2D eigenvalue weighted by Crippen LogP contribution is 2.35. The molecule has 0 fully saturated rings. The lowest BCUT2D eigenvalue weighted by Crippen LogP contribution is -2.13. The van der Waals surface area contributed by atoms with Gasteiger partial charge in [-0.05, 0) is 17.7 Å². The normalized spacial score (nSPS) is 14.0. The highest BCUT2D eigenvalue weighted by molar-refractivity contribution is 7.80. The molecule has 0 radical (unpaired) electrons. The zero-order valence-corrected chi connectivity index (χ0v) is 9.20. The topological polar surface area (TPSA) is 26.0 Å². The van der Waals surface area contributed by atoms with Gasteiger partial charge in [-0.2, -0.15) is 25.8 Å². The van der Waals surface area contributed by atoms with Crippen molar-refractivity contribution in [1.29, 1.82) is 0 Å². The molecule has 0 saturated carbocycles. The molecule has 0 bridgehead atoms. The molecule has 6 heteroatoms. The van der Waals surface area contributed by atoms with Gasteiger partial charge in [-0.15, -0.1) is 0 Å². The van der Waals surface area contributed by atoms with Crippen molar-refractivity contribution < 1.29 is 13.2 Å². The van der Waals surface area contributed by atoms with E-state index >= 15 is 0 Å². The lowest BCUT2D eigenvalue weighted by molar-refractivity contribution is -0.137. The third-order valence-corrected chi connectivity index (χ3v) is 2.63. The standard InChI is InChI=1S/C9H9ClF3NS/c10-7-3-5(8(14)4-15)1-2-6(7)9(11,12)13/h1-3,8,15H,4,14H2. The summed E-state index contributed by atoms with van der Waals surface area (Å²) < 4.78 is 37.0. The average molecular weight is 256 g/mol. The second-order valence-electron chi connectivity index (χ2n) is 3.03. The first-order valence-corrected chi connectivity index (χ1v) is 5.10. The van der Waals surface area contributed by atoms with E-state index in [4.69, 9.17) is 17.3 Å². The molecule has 0 saturated heterocycles. The molecule has 0 aliphatic rings. The average Bonchev–Trinajstić information content (AvgIpc) is 2.14. The fourth-order valence-electron chi connectivity index (χ4n) is 1.10. The number of alkyl halides is 3. The molecule has 1 unspecified atom stereocenters. The van der Waals surface area contributed by atoms with E-state index in [0.717, 1.165) is 6.07 Å². The summed E-state index contributed by atoms with van der Waals surface area (Å²) in [6.45, 7) is 0. The molecular formula is C9H9ClF3NS. The molecule has 1 nitrogen and oxygen atoms in total. The summed E-state index contributed by atoms with van der Waals surface area (Å²) in [7, 11) is 0. The summed E-state index contributed by atoms with van der Waals surface area (Å²) in [4.78, 5) is 0. The summed E-state index contributed by atoms with van der Waals surface area (Å²) in [6.07, 6.45) is -4.43. The smallest absolute Gasteiger partial charge is 0.323 e. The van der Waals surface area contributed by atoms with Gasteiger partial charge < -0.3 is 5.73 Å². The van der Waals surface area contributed by atoms with Gasteiger partial charge in [0.05, 0.1) is 10.6 Å².